The first-order valence-electron chi connectivity index (χ1n) is 4.83. The van der Waals surface area contributed by atoms with Crippen LogP contribution in [0.25, 0.3) is 0 Å². The summed E-state index contributed by atoms with van der Waals surface area (Å²) in [7, 11) is 0. The molecule has 0 saturated heterocycles. The van der Waals surface area contributed by atoms with Crippen LogP contribution in [0, 0.1) is 11.3 Å². The highest BCUT2D eigenvalue weighted by atomic mass is 16.5. The normalized spacial score (nSPS) is 28.5. The van der Waals surface area contributed by atoms with E-state index in [1.54, 1.807) is 0 Å². The monoisotopic (exact) mass is 172 g/mol. The highest BCUT2D eigenvalue weighted by Gasteiger charge is 2.49. The van der Waals surface area contributed by atoms with Crippen LogP contribution in [0.3, 0.4) is 0 Å². The van der Waals surface area contributed by atoms with Gasteiger partial charge in [-0.1, -0.05) is 20.8 Å². The Bertz CT molecular complexity index is 143. The Morgan fingerprint density at radius 2 is 2.17 bits per heavy atom. The second-order valence-corrected chi connectivity index (χ2v) is 4.44. The minimum atomic E-state index is -0.244. The third kappa shape index (κ3) is 2.46. The largest absolute Gasteiger partial charge is 0.390 e. The maximum atomic E-state index is 9.63. The summed E-state index contributed by atoms with van der Waals surface area (Å²) >= 11 is 0. The second kappa shape index (κ2) is 3.75. The van der Waals surface area contributed by atoms with Crippen LogP contribution in [0.5, 0.6) is 0 Å². The fraction of sp³-hybridized carbons (Fsp3) is 1.00. The first kappa shape index (κ1) is 10.0. The van der Waals surface area contributed by atoms with Crippen LogP contribution < -0.4 is 0 Å². The third-order valence-corrected chi connectivity index (χ3v) is 2.69. The number of rotatable bonds is 5. The lowest BCUT2D eigenvalue weighted by molar-refractivity contribution is 0.0196. The molecule has 1 aliphatic rings. The van der Waals surface area contributed by atoms with E-state index in [9.17, 15) is 5.11 Å². The van der Waals surface area contributed by atoms with E-state index in [1.165, 1.54) is 0 Å². The number of ether oxygens (including phenoxy) is 1. The van der Waals surface area contributed by atoms with Crippen LogP contribution in [0.1, 0.15) is 33.6 Å². The highest BCUT2D eigenvalue weighted by molar-refractivity contribution is 4.98. The van der Waals surface area contributed by atoms with Crippen LogP contribution in [0.4, 0.5) is 0 Å². The topological polar surface area (TPSA) is 29.5 Å². The minimum absolute atomic E-state index is 0.244. The van der Waals surface area contributed by atoms with Gasteiger partial charge >= 0.3 is 0 Å². The van der Waals surface area contributed by atoms with Gasteiger partial charge in [-0.15, -0.1) is 0 Å². The predicted octanol–water partition coefficient (Wildman–Crippen LogP) is 1.82. The Kier molecular flexibility index (Phi) is 3.13. The van der Waals surface area contributed by atoms with Crippen molar-refractivity contribution in [3.05, 3.63) is 0 Å². The number of aliphatic hydroxyl groups excluding tert-OH is 1. The van der Waals surface area contributed by atoms with Crippen molar-refractivity contribution < 1.29 is 9.84 Å². The molecule has 2 heteroatoms. The first-order valence-corrected chi connectivity index (χ1v) is 4.83. The summed E-state index contributed by atoms with van der Waals surface area (Å²) in [6, 6.07) is 0. The standard InChI is InChI=1S/C10H20O2/c1-4-5-12-7-9(11)8-6-10(8,2)3/h8-9,11H,4-7H2,1-3H3. The summed E-state index contributed by atoms with van der Waals surface area (Å²) < 4.78 is 5.29. The van der Waals surface area contributed by atoms with E-state index < -0.39 is 0 Å². The summed E-state index contributed by atoms with van der Waals surface area (Å²) in [5.41, 5.74) is 0.356. The van der Waals surface area contributed by atoms with Gasteiger partial charge in [0.05, 0.1) is 12.7 Å². The molecule has 1 N–H and O–H groups in total. The van der Waals surface area contributed by atoms with E-state index in [0.717, 1.165) is 19.4 Å². The van der Waals surface area contributed by atoms with Crippen LogP contribution in [0.2, 0.25) is 0 Å². The maximum Gasteiger partial charge on any atom is 0.0807 e. The Labute approximate surface area is 74.9 Å². The van der Waals surface area contributed by atoms with Gasteiger partial charge in [0, 0.05) is 6.61 Å². The molecule has 72 valence electrons. The van der Waals surface area contributed by atoms with Crippen molar-refractivity contribution in [2.75, 3.05) is 13.2 Å². The van der Waals surface area contributed by atoms with Crippen LogP contribution >= 0.6 is 0 Å². The van der Waals surface area contributed by atoms with Crippen molar-refractivity contribution in [3.63, 3.8) is 0 Å². The molecular weight excluding hydrogens is 152 g/mol. The van der Waals surface area contributed by atoms with E-state index in [1.807, 2.05) is 0 Å². The van der Waals surface area contributed by atoms with Crippen molar-refractivity contribution in [1.29, 1.82) is 0 Å². The average Bonchev–Trinajstić information content (AvgIpc) is 2.60. The van der Waals surface area contributed by atoms with Crippen molar-refractivity contribution in [2.45, 2.75) is 39.7 Å². The molecule has 0 aromatic rings. The fourth-order valence-electron chi connectivity index (χ4n) is 1.63. The second-order valence-electron chi connectivity index (χ2n) is 4.44. The Morgan fingerprint density at radius 1 is 1.58 bits per heavy atom. The maximum absolute atomic E-state index is 9.63. The Hall–Kier alpha value is -0.0800. The lowest BCUT2D eigenvalue weighted by Gasteiger charge is -2.12. The molecule has 0 spiro atoms. The predicted molar refractivity (Wildman–Crippen MR) is 49.0 cm³/mol. The van der Waals surface area contributed by atoms with Gasteiger partial charge in [-0.3, -0.25) is 0 Å². The lowest BCUT2D eigenvalue weighted by Crippen LogP contribution is -2.20. The smallest absolute Gasteiger partial charge is 0.0807 e. The molecule has 2 nitrogen and oxygen atoms in total. The molecule has 12 heavy (non-hydrogen) atoms. The van der Waals surface area contributed by atoms with Gasteiger partial charge in [0.1, 0.15) is 0 Å². The van der Waals surface area contributed by atoms with Gasteiger partial charge in [0.25, 0.3) is 0 Å². The molecule has 1 aliphatic carbocycles. The quantitative estimate of drug-likeness (QED) is 0.641. The molecular formula is C10H20O2. The molecule has 0 bridgehead atoms. The zero-order chi connectivity index (χ0) is 9.19. The molecule has 1 saturated carbocycles. The molecule has 1 fully saturated rings. The molecule has 2 unspecified atom stereocenters. The summed E-state index contributed by atoms with van der Waals surface area (Å²) in [4.78, 5) is 0. The first-order chi connectivity index (χ1) is 5.58. The third-order valence-electron chi connectivity index (χ3n) is 2.69. The van der Waals surface area contributed by atoms with Crippen molar-refractivity contribution >= 4 is 0 Å². The Balaban J connectivity index is 2.09. The zero-order valence-electron chi connectivity index (χ0n) is 8.34. The molecule has 2 atom stereocenters. The van der Waals surface area contributed by atoms with Gasteiger partial charge in [0.15, 0.2) is 0 Å². The molecule has 0 radical (unpaired) electrons. The van der Waals surface area contributed by atoms with E-state index in [0.29, 0.717) is 17.9 Å². The van der Waals surface area contributed by atoms with E-state index in [2.05, 4.69) is 20.8 Å². The zero-order valence-corrected chi connectivity index (χ0v) is 8.34. The SMILES string of the molecule is CCCOCC(O)C1CC1(C)C. The lowest BCUT2D eigenvalue weighted by atomic mass is 10.1. The molecule has 0 aromatic heterocycles. The van der Waals surface area contributed by atoms with Crippen molar-refractivity contribution in [1.82, 2.24) is 0 Å². The van der Waals surface area contributed by atoms with Gasteiger partial charge in [-0.25, -0.2) is 0 Å². The highest BCUT2D eigenvalue weighted by Crippen LogP contribution is 2.53. The summed E-state index contributed by atoms with van der Waals surface area (Å²) in [5, 5.41) is 9.63. The van der Waals surface area contributed by atoms with Crippen LogP contribution in [-0.4, -0.2) is 24.4 Å². The van der Waals surface area contributed by atoms with Gasteiger partial charge in [-0.2, -0.15) is 0 Å². The van der Waals surface area contributed by atoms with Gasteiger partial charge in [0.2, 0.25) is 0 Å². The number of aliphatic hydroxyl groups is 1. The summed E-state index contributed by atoms with van der Waals surface area (Å²) in [5.74, 6) is 0.467. The summed E-state index contributed by atoms with van der Waals surface area (Å²) in [6.07, 6.45) is 1.93. The minimum Gasteiger partial charge on any atom is -0.390 e. The fourth-order valence-corrected chi connectivity index (χ4v) is 1.63. The number of hydrogen-bond acceptors (Lipinski definition) is 2. The van der Waals surface area contributed by atoms with Crippen molar-refractivity contribution in [2.24, 2.45) is 11.3 Å². The van der Waals surface area contributed by atoms with Crippen LogP contribution in [-0.2, 0) is 4.74 Å². The summed E-state index contributed by atoms with van der Waals surface area (Å²) in [6.45, 7) is 7.75. The molecule has 0 aromatic carbocycles. The average molecular weight is 172 g/mol. The van der Waals surface area contributed by atoms with E-state index in [-0.39, 0.29) is 6.10 Å². The van der Waals surface area contributed by atoms with E-state index in [4.69, 9.17) is 4.74 Å². The van der Waals surface area contributed by atoms with Gasteiger partial charge < -0.3 is 9.84 Å². The molecule has 0 amide bonds. The molecule has 0 heterocycles. The molecule has 0 aliphatic heterocycles. The van der Waals surface area contributed by atoms with E-state index >= 15 is 0 Å². The number of hydrogen-bond donors (Lipinski definition) is 1. The van der Waals surface area contributed by atoms with Crippen molar-refractivity contribution in [3.8, 4) is 0 Å². The van der Waals surface area contributed by atoms with Crippen LogP contribution in [0.15, 0.2) is 0 Å². The van der Waals surface area contributed by atoms with Gasteiger partial charge in [-0.05, 0) is 24.2 Å². The molecule has 1 rings (SSSR count). The Morgan fingerprint density at radius 3 is 2.58 bits per heavy atom.